The Morgan fingerprint density at radius 1 is 0.933 bits per heavy atom. The van der Waals surface area contributed by atoms with Crippen molar-refractivity contribution in [1.29, 1.82) is 5.26 Å². The van der Waals surface area contributed by atoms with Gasteiger partial charge in [0, 0.05) is 75.2 Å². The van der Waals surface area contributed by atoms with Gasteiger partial charge in [0.05, 0.1) is 39.3 Å². The fourth-order valence-electron chi connectivity index (χ4n) is 10.1. The average molecular weight is 839 g/mol. The number of aromatic nitrogens is 1. The highest BCUT2D eigenvalue weighted by Gasteiger charge is 2.64. The van der Waals surface area contributed by atoms with Crippen LogP contribution in [0.5, 0.6) is 5.75 Å². The second-order valence-electron chi connectivity index (χ2n) is 17.7. The monoisotopic (exact) mass is 838 g/mol. The number of nitrogens with zero attached hydrogens (tertiary/aromatic N) is 6. The van der Waals surface area contributed by atoms with Crippen LogP contribution in [0.25, 0.3) is 0 Å². The van der Waals surface area contributed by atoms with Gasteiger partial charge in [-0.2, -0.15) is 5.26 Å². The lowest BCUT2D eigenvalue weighted by Gasteiger charge is -2.63. The third-order valence-corrected chi connectivity index (χ3v) is 13.4. The predicted molar refractivity (Wildman–Crippen MR) is 220 cm³/mol. The Bertz CT molecular complexity index is 2280. The van der Waals surface area contributed by atoms with Crippen LogP contribution >= 0.6 is 11.6 Å². The van der Waals surface area contributed by atoms with Gasteiger partial charge in [-0.1, -0.05) is 39.3 Å². The molecule has 2 N–H and O–H groups in total. The van der Waals surface area contributed by atoms with Gasteiger partial charge in [-0.15, -0.1) is 0 Å². The molecule has 0 spiro atoms. The molecule has 4 fully saturated rings. The summed E-state index contributed by atoms with van der Waals surface area (Å²) in [5, 5.41) is 14.9. The first-order valence-corrected chi connectivity index (χ1v) is 20.8. The molecule has 1 atom stereocenters. The Hall–Kier alpha value is -5.59. The van der Waals surface area contributed by atoms with E-state index in [4.69, 9.17) is 16.3 Å². The Morgan fingerprint density at radius 2 is 1.62 bits per heavy atom. The van der Waals surface area contributed by atoms with E-state index in [-0.39, 0.29) is 47.7 Å². The molecule has 60 heavy (non-hydrogen) atoms. The molecule has 1 saturated carbocycles. The summed E-state index contributed by atoms with van der Waals surface area (Å²) in [6, 6.07) is 12.0. The van der Waals surface area contributed by atoms with Crippen molar-refractivity contribution in [2.75, 3.05) is 55.6 Å². The lowest BCUT2D eigenvalue weighted by molar-refractivity contribution is -0.164. The van der Waals surface area contributed by atoms with Crippen molar-refractivity contribution in [3.63, 3.8) is 0 Å². The van der Waals surface area contributed by atoms with Crippen molar-refractivity contribution in [1.82, 2.24) is 25.4 Å². The molecule has 0 bridgehead atoms. The zero-order valence-corrected chi connectivity index (χ0v) is 34.9. The highest BCUT2D eigenvalue weighted by atomic mass is 35.5. The number of nitriles is 1. The molecule has 5 aliphatic rings. The zero-order valence-electron chi connectivity index (χ0n) is 34.1. The van der Waals surface area contributed by atoms with Gasteiger partial charge in [0.2, 0.25) is 11.8 Å². The summed E-state index contributed by atoms with van der Waals surface area (Å²) in [5.41, 5.74) is 1.16. The van der Waals surface area contributed by atoms with Crippen LogP contribution in [0.4, 0.5) is 15.8 Å². The molecular weight excluding hydrogens is 791 g/mol. The van der Waals surface area contributed by atoms with Crippen molar-refractivity contribution in [3.8, 4) is 11.8 Å². The van der Waals surface area contributed by atoms with Crippen LogP contribution in [-0.2, 0) is 9.59 Å². The average Bonchev–Trinajstić information content (AvgIpc) is 3.46. The summed E-state index contributed by atoms with van der Waals surface area (Å²) < 4.78 is 21.8. The summed E-state index contributed by atoms with van der Waals surface area (Å²) >= 11 is 6.24. The van der Waals surface area contributed by atoms with Crippen LogP contribution in [0.15, 0.2) is 48.7 Å². The van der Waals surface area contributed by atoms with E-state index in [1.165, 1.54) is 6.07 Å². The van der Waals surface area contributed by atoms with Crippen LogP contribution in [-0.4, -0.2) is 108 Å². The Labute approximate surface area is 353 Å². The number of imide groups is 2. The standard InChI is InChI=1S/C44H48ClFN8O6/c1-43(2)41(44(3,4)42(43)60-28-7-5-26(22-47)31(45)19-28)50-37(56)33-8-6-27(23-48-33)52-17-15-51(16-18-52)24-25-11-13-53(14-12-25)35-21-30-29(20-32(35)46)39(58)54(40(30)59)34-9-10-36(55)49-38(34)57/h5-8,19-21,23,25,34,41-42H,9-18,24H2,1-4H3,(H,50,56)(H,49,55,57)/t34?,41-,42-. The highest BCUT2D eigenvalue weighted by molar-refractivity contribution is 6.31. The summed E-state index contributed by atoms with van der Waals surface area (Å²) in [6.45, 7) is 13.7. The minimum absolute atomic E-state index is 0.0139. The number of ether oxygens (including phenoxy) is 1. The van der Waals surface area contributed by atoms with Crippen LogP contribution in [0.1, 0.15) is 90.1 Å². The van der Waals surface area contributed by atoms with E-state index in [0.717, 1.165) is 62.2 Å². The summed E-state index contributed by atoms with van der Waals surface area (Å²) in [5.74, 6) is -2.38. The lowest BCUT2D eigenvalue weighted by atomic mass is 9.49. The topological polar surface area (TPSA) is 168 Å². The number of rotatable bonds is 9. The maximum absolute atomic E-state index is 15.5. The number of hydrogen-bond acceptors (Lipinski definition) is 11. The largest absolute Gasteiger partial charge is 0.489 e. The first kappa shape index (κ1) is 41.2. The van der Waals surface area contributed by atoms with E-state index in [2.05, 4.69) is 59.2 Å². The molecule has 4 aliphatic heterocycles. The number of amides is 5. The van der Waals surface area contributed by atoms with Gasteiger partial charge in [0.25, 0.3) is 17.7 Å². The fraction of sp³-hybridized carbons (Fsp3) is 0.477. The molecule has 8 rings (SSSR count). The highest BCUT2D eigenvalue weighted by Crippen LogP contribution is 2.55. The third-order valence-electron chi connectivity index (χ3n) is 13.1. The molecule has 1 aromatic heterocycles. The number of pyridine rings is 1. The minimum atomic E-state index is -1.10. The van der Waals surface area contributed by atoms with Gasteiger partial charge >= 0.3 is 0 Å². The van der Waals surface area contributed by atoms with E-state index in [1.54, 1.807) is 30.5 Å². The first-order chi connectivity index (χ1) is 28.6. The van der Waals surface area contributed by atoms with E-state index in [9.17, 15) is 29.2 Å². The lowest BCUT2D eigenvalue weighted by Crippen LogP contribution is -2.74. The van der Waals surface area contributed by atoms with E-state index in [1.807, 2.05) is 11.0 Å². The molecule has 16 heteroatoms. The number of benzene rings is 2. The molecule has 14 nitrogen and oxygen atoms in total. The van der Waals surface area contributed by atoms with Crippen molar-refractivity contribution in [2.24, 2.45) is 16.7 Å². The molecule has 5 heterocycles. The van der Waals surface area contributed by atoms with Gasteiger partial charge < -0.3 is 19.9 Å². The van der Waals surface area contributed by atoms with Gasteiger partial charge in [-0.25, -0.2) is 9.37 Å². The smallest absolute Gasteiger partial charge is 0.270 e. The number of piperazine rings is 1. The quantitative estimate of drug-likeness (QED) is 0.284. The molecule has 3 aromatic rings. The Morgan fingerprint density at radius 3 is 2.23 bits per heavy atom. The van der Waals surface area contributed by atoms with Crippen molar-refractivity contribution in [3.05, 3.63) is 81.9 Å². The fourth-order valence-corrected chi connectivity index (χ4v) is 10.4. The van der Waals surface area contributed by atoms with Crippen LogP contribution in [0.3, 0.4) is 0 Å². The normalized spacial score (nSPS) is 24.1. The molecular formula is C44H48ClFN8O6. The second-order valence-corrected chi connectivity index (χ2v) is 18.1. The number of carbonyl (C=O) groups is 5. The van der Waals surface area contributed by atoms with Gasteiger partial charge in [0.15, 0.2) is 0 Å². The van der Waals surface area contributed by atoms with E-state index < -0.39 is 46.3 Å². The zero-order chi connectivity index (χ0) is 42.7. The van der Waals surface area contributed by atoms with Gasteiger partial charge in [0.1, 0.15) is 35.5 Å². The number of halogens is 2. The SMILES string of the molecule is CC1(C)[C@H](NC(=O)c2ccc(N3CCN(CC4CCN(c5cc6c(cc5F)C(=O)N(C5CCC(=O)NC5=O)C6=O)CC4)CC3)cn2)C(C)(C)[C@H]1Oc1ccc(C#N)c(Cl)c1. The minimum Gasteiger partial charge on any atom is -0.489 e. The molecule has 2 aromatic carbocycles. The van der Waals surface area contributed by atoms with Gasteiger partial charge in [-0.05, 0) is 61.6 Å². The number of piperidine rings is 2. The van der Waals surface area contributed by atoms with E-state index >= 15 is 4.39 Å². The number of carbonyl (C=O) groups excluding carboxylic acids is 5. The number of nitrogens with one attached hydrogen (secondary N) is 2. The number of fused-ring (bicyclic) bond motifs is 1. The van der Waals surface area contributed by atoms with E-state index in [0.29, 0.717) is 41.0 Å². The number of anilines is 2. The molecule has 3 saturated heterocycles. The van der Waals surface area contributed by atoms with Crippen molar-refractivity contribution in [2.45, 2.75) is 71.6 Å². The van der Waals surface area contributed by atoms with Crippen LogP contribution < -0.4 is 25.2 Å². The Kier molecular flexibility index (Phi) is 10.8. The van der Waals surface area contributed by atoms with Crippen LogP contribution in [0.2, 0.25) is 5.02 Å². The maximum Gasteiger partial charge on any atom is 0.270 e. The Balaban J connectivity index is 0.800. The molecule has 0 radical (unpaired) electrons. The maximum atomic E-state index is 15.5. The number of hydrogen-bond donors (Lipinski definition) is 2. The van der Waals surface area contributed by atoms with Crippen molar-refractivity contribution >= 4 is 52.5 Å². The summed E-state index contributed by atoms with van der Waals surface area (Å²) in [4.78, 5) is 76.0. The molecule has 1 unspecified atom stereocenters. The molecule has 5 amide bonds. The second kappa shape index (κ2) is 15.8. The third kappa shape index (κ3) is 7.44. The first-order valence-electron chi connectivity index (χ1n) is 20.5. The van der Waals surface area contributed by atoms with Crippen molar-refractivity contribution < 1.29 is 33.1 Å². The molecule has 1 aliphatic carbocycles. The molecule has 314 valence electrons. The summed E-state index contributed by atoms with van der Waals surface area (Å²) in [6.07, 6.45) is 3.27. The van der Waals surface area contributed by atoms with Crippen LogP contribution in [0, 0.1) is 33.9 Å². The predicted octanol–water partition coefficient (Wildman–Crippen LogP) is 4.80. The summed E-state index contributed by atoms with van der Waals surface area (Å²) in [7, 11) is 0. The van der Waals surface area contributed by atoms with Gasteiger partial charge in [-0.3, -0.25) is 39.1 Å².